The third kappa shape index (κ3) is 59.4. The maximum atomic E-state index is 8.55. The molecule has 0 N–H and O–H groups in total. The summed E-state index contributed by atoms with van der Waals surface area (Å²) < 4.78 is 8.55. The normalized spacial score (nSPS) is 7.38. The zero-order chi connectivity index (χ0) is 4.50. The zero-order valence-electron chi connectivity index (χ0n) is 4.43. The molecule has 0 heterocycles. The van der Waals surface area contributed by atoms with Crippen LogP contribution in [0, 0.1) is 0 Å². The van der Waals surface area contributed by atoms with Crippen LogP contribution in [0.1, 0.15) is 0 Å². The number of phosphoric acid groups is 1. The number of rotatable bonds is 0. The summed E-state index contributed by atoms with van der Waals surface area (Å²) in [5.74, 6) is 0. The molecule has 0 fully saturated rings. The van der Waals surface area contributed by atoms with E-state index in [4.69, 9.17) is 19.2 Å². The Morgan fingerprint density at radius 1 is 1.12 bits per heavy atom. The molecule has 0 bridgehead atoms. The Bertz CT molecular complexity index is 62.2. The monoisotopic (exact) mass is 213 g/mol. The van der Waals surface area contributed by atoms with Crippen molar-refractivity contribution in [1.29, 1.82) is 0 Å². The second-order valence-corrected chi connectivity index (χ2v) is 1.34. The van der Waals surface area contributed by atoms with Gasteiger partial charge in [0.2, 0.25) is 0 Å². The first kappa shape index (κ1) is 22.5. The van der Waals surface area contributed by atoms with Gasteiger partial charge < -0.3 is 19.2 Å². The fourth-order valence-electron chi connectivity index (χ4n) is 0. The molecule has 38 valence electrons. The van der Waals surface area contributed by atoms with Gasteiger partial charge in [0, 0.05) is 0 Å². The molecule has 0 aliphatic carbocycles. The summed E-state index contributed by atoms with van der Waals surface area (Å²) in [6, 6.07) is 0. The van der Waals surface area contributed by atoms with Gasteiger partial charge in [-0.25, -0.2) is 0 Å². The van der Waals surface area contributed by atoms with Gasteiger partial charge in [0.15, 0.2) is 0 Å². The van der Waals surface area contributed by atoms with Gasteiger partial charge in [-0.2, -0.15) is 7.82 Å². The molecule has 0 aromatic rings. The van der Waals surface area contributed by atoms with E-state index in [0.29, 0.717) is 0 Å². The Morgan fingerprint density at radius 2 is 1.12 bits per heavy atom. The van der Waals surface area contributed by atoms with E-state index in [-0.39, 0.29) is 98.0 Å². The van der Waals surface area contributed by atoms with Gasteiger partial charge in [-0.3, -0.25) is 0 Å². The van der Waals surface area contributed by atoms with Gasteiger partial charge in [0.05, 0.1) is 0 Å². The van der Waals surface area contributed by atoms with Gasteiger partial charge in [-0.05, 0) is 0 Å². The average Bonchev–Trinajstić information content (AvgIpc) is 0.722. The molecule has 0 rings (SSSR count). The second kappa shape index (κ2) is 10.3. The standard InChI is InChI=1S/Fe.K.Na.H3O4P/c;;;1-5(2,3)4/h;;;(H3,1,2,3,4)/q+2;2*+1;/p-3. The number of hydrogen-bond donors (Lipinski definition) is 0. The molecule has 0 saturated carbocycles. The molecular formula is FeKNaO4P+. The molecular weight excluding hydrogens is 213 g/mol. The third-order valence-electron chi connectivity index (χ3n) is 0. The first-order chi connectivity index (χ1) is 2.00. The van der Waals surface area contributed by atoms with Crippen LogP contribution in [-0.4, -0.2) is 0 Å². The minimum Gasteiger partial charge on any atom is -0.822 e. The molecule has 0 unspecified atom stereocenters. The fourth-order valence-corrected chi connectivity index (χ4v) is 0. The minimum atomic E-state index is -5.39. The smallest absolute Gasteiger partial charge is 0.822 e. The van der Waals surface area contributed by atoms with Crippen molar-refractivity contribution in [3.8, 4) is 0 Å². The van der Waals surface area contributed by atoms with E-state index in [9.17, 15) is 0 Å². The Labute approximate surface area is 122 Å². The van der Waals surface area contributed by atoms with Crippen LogP contribution in [-0.2, 0) is 21.6 Å². The van der Waals surface area contributed by atoms with Crippen LogP contribution in [0.2, 0.25) is 0 Å². The molecule has 0 spiro atoms. The molecule has 0 aromatic heterocycles. The van der Waals surface area contributed by atoms with Crippen molar-refractivity contribution in [1.82, 2.24) is 0 Å². The van der Waals surface area contributed by atoms with E-state index >= 15 is 0 Å². The molecule has 0 aliphatic rings. The van der Waals surface area contributed by atoms with E-state index in [2.05, 4.69) is 0 Å². The Morgan fingerprint density at radius 3 is 1.12 bits per heavy atom. The molecule has 0 saturated heterocycles. The van der Waals surface area contributed by atoms with E-state index in [1.807, 2.05) is 0 Å². The Balaban J connectivity index is -0.0000000267. The first-order valence-corrected chi connectivity index (χ1v) is 2.19. The molecule has 0 aliphatic heterocycles. The minimum absolute atomic E-state index is 0. The summed E-state index contributed by atoms with van der Waals surface area (Å²) in [4.78, 5) is 25.6. The largest absolute Gasteiger partial charge is 2.00 e. The van der Waals surface area contributed by atoms with Crippen molar-refractivity contribution in [3.63, 3.8) is 0 Å². The first-order valence-electron chi connectivity index (χ1n) is 0.730. The van der Waals surface area contributed by atoms with Gasteiger partial charge in [-0.1, -0.05) is 0 Å². The van der Waals surface area contributed by atoms with Crippen molar-refractivity contribution in [2.45, 2.75) is 0 Å². The molecule has 0 aromatic carbocycles. The average molecular weight is 213 g/mol. The summed E-state index contributed by atoms with van der Waals surface area (Å²) in [5.41, 5.74) is 0. The molecule has 0 atom stereocenters. The topological polar surface area (TPSA) is 86.2 Å². The van der Waals surface area contributed by atoms with E-state index in [1.54, 1.807) is 0 Å². The summed E-state index contributed by atoms with van der Waals surface area (Å²) in [5, 5.41) is 0. The van der Waals surface area contributed by atoms with Crippen molar-refractivity contribution in [2.24, 2.45) is 0 Å². The third-order valence-corrected chi connectivity index (χ3v) is 0. The van der Waals surface area contributed by atoms with Gasteiger partial charge in [0.25, 0.3) is 0 Å². The summed E-state index contributed by atoms with van der Waals surface area (Å²) >= 11 is 0. The Kier molecular flexibility index (Phi) is 28.9. The zero-order valence-corrected chi connectivity index (χ0v) is 11.6. The van der Waals surface area contributed by atoms with E-state index in [0.717, 1.165) is 0 Å². The molecule has 0 amide bonds. The van der Waals surface area contributed by atoms with Crippen molar-refractivity contribution in [2.75, 3.05) is 0 Å². The van der Waals surface area contributed by atoms with Crippen LogP contribution in [0.25, 0.3) is 0 Å². The quantitative estimate of drug-likeness (QED) is 0.295. The van der Waals surface area contributed by atoms with Crippen molar-refractivity contribution >= 4 is 7.82 Å². The number of hydrogen-bond acceptors (Lipinski definition) is 4. The molecule has 8 heteroatoms. The van der Waals surface area contributed by atoms with Crippen LogP contribution in [0.3, 0.4) is 0 Å². The maximum absolute atomic E-state index is 8.55. The molecule has 4 nitrogen and oxygen atoms in total. The van der Waals surface area contributed by atoms with E-state index in [1.165, 1.54) is 0 Å². The summed E-state index contributed by atoms with van der Waals surface area (Å²) in [6.07, 6.45) is 0. The summed E-state index contributed by atoms with van der Waals surface area (Å²) in [7, 11) is -5.39. The maximum Gasteiger partial charge on any atom is 2.00 e. The van der Waals surface area contributed by atoms with Crippen molar-refractivity contribution < 1.29 is 117 Å². The van der Waals surface area contributed by atoms with Crippen molar-refractivity contribution in [3.05, 3.63) is 0 Å². The predicted molar refractivity (Wildman–Crippen MR) is 7.61 cm³/mol. The SMILES string of the molecule is O=P([O-])([O-])[O-].[Fe+2].[K+].[Na+]. The second-order valence-electron chi connectivity index (χ2n) is 0.447. The summed E-state index contributed by atoms with van der Waals surface area (Å²) in [6.45, 7) is 0. The van der Waals surface area contributed by atoms with Crippen LogP contribution >= 0.6 is 7.82 Å². The Hall–Kier alpha value is 3.27. The van der Waals surface area contributed by atoms with Crippen LogP contribution < -0.4 is 95.6 Å². The molecule has 8 heavy (non-hydrogen) atoms. The predicted octanol–water partition coefficient (Wildman–Crippen LogP) is -8.82. The molecule has 0 radical (unpaired) electrons. The van der Waals surface area contributed by atoms with E-state index < -0.39 is 7.82 Å². The van der Waals surface area contributed by atoms with Gasteiger partial charge in [-0.15, -0.1) is 0 Å². The fraction of sp³-hybridized carbons (Fsp3) is 0. The van der Waals surface area contributed by atoms with Crippen LogP contribution in [0.4, 0.5) is 0 Å². The van der Waals surface area contributed by atoms with Gasteiger partial charge >= 0.3 is 98.0 Å². The van der Waals surface area contributed by atoms with Gasteiger partial charge in [0.1, 0.15) is 0 Å². The van der Waals surface area contributed by atoms with Crippen LogP contribution in [0.5, 0.6) is 0 Å². The van der Waals surface area contributed by atoms with Crippen LogP contribution in [0.15, 0.2) is 0 Å².